The molecule has 5 nitrogen and oxygen atoms in total. The number of alkyl halides is 1. The number of carbonyl (C=O) groups is 2. The number of rotatable bonds is 10. The molecule has 0 radical (unpaired) electrons. The van der Waals surface area contributed by atoms with Crippen LogP contribution in [-0.2, 0) is 20.9 Å². The van der Waals surface area contributed by atoms with Crippen LogP contribution in [0.5, 0.6) is 0 Å². The van der Waals surface area contributed by atoms with Gasteiger partial charge in [-0.15, -0.1) is 11.6 Å². The van der Waals surface area contributed by atoms with Gasteiger partial charge in [-0.2, -0.15) is 0 Å². The van der Waals surface area contributed by atoms with Gasteiger partial charge in [0, 0.05) is 11.9 Å². The molecule has 0 saturated carbocycles. The summed E-state index contributed by atoms with van der Waals surface area (Å²) in [7, 11) is 1.34. The van der Waals surface area contributed by atoms with E-state index in [0.29, 0.717) is 12.3 Å². The van der Waals surface area contributed by atoms with Crippen LogP contribution in [-0.4, -0.2) is 31.1 Å². The van der Waals surface area contributed by atoms with Gasteiger partial charge in [0.1, 0.15) is 6.61 Å². The highest BCUT2D eigenvalue weighted by Gasteiger charge is 2.26. The van der Waals surface area contributed by atoms with Crippen LogP contribution in [0.15, 0.2) is 30.3 Å². The van der Waals surface area contributed by atoms with E-state index in [2.05, 4.69) is 5.32 Å². The van der Waals surface area contributed by atoms with Crippen LogP contribution in [0.2, 0.25) is 0 Å². The number of esters is 1. The molecule has 0 heterocycles. The van der Waals surface area contributed by atoms with E-state index in [-0.39, 0.29) is 18.6 Å². The number of carbonyl (C=O) groups excluding carboxylic acids is 2. The minimum atomic E-state index is -0.531. The van der Waals surface area contributed by atoms with Gasteiger partial charge in [-0.05, 0) is 25.3 Å². The molecule has 0 bridgehead atoms. The Kier molecular flexibility index (Phi) is 9.92. The van der Waals surface area contributed by atoms with E-state index in [9.17, 15) is 9.59 Å². The summed E-state index contributed by atoms with van der Waals surface area (Å²) < 4.78 is 10.0. The van der Waals surface area contributed by atoms with Crippen molar-refractivity contribution in [2.24, 2.45) is 5.92 Å². The molecular formula is C18H26ClNO4. The number of alkyl carbamates (subject to hydrolysis) is 1. The maximum atomic E-state index is 12.0. The summed E-state index contributed by atoms with van der Waals surface area (Å²) in [5.74, 6) is -0.167. The Labute approximate surface area is 148 Å². The Morgan fingerprint density at radius 2 is 1.88 bits per heavy atom. The van der Waals surface area contributed by atoms with Crippen LogP contribution in [0.25, 0.3) is 0 Å². The first kappa shape index (κ1) is 20.3. The van der Waals surface area contributed by atoms with E-state index in [1.807, 2.05) is 30.3 Å². The van der Waals surface area contributed by atoms with Gasteiger partial charge in [0.25, 0.3) is 0 Å². The second-order valence-corrected chi connectivity index (χ2v) is 6.04. The van der Waals surface area contributed by atoms with E-state index in [1.54, 1.807) is 6.92 Å². The van der Waals surface area contributed by atoms with Gasteiger partial charge in [-0.25, -0.2) is 4.79 Å². The fraction of sp³-hybridized carbons (Fsp3) is 0.556. The Morgan fingerprint density at radius 1 is 1.17 bits per heavy atom. The zero-order valence-corrected chi connectivity index (χ0v) is 15.1. The fourth-order valence-electron chi connectivity index (χ4n) is 2.35. The number of hydrogen-bond acceptors (Lipinski definition) is 4. The molecule has 134 valence electrons. The summed E-state index contributed by atoms with van der Waals surface area (Å²) in [5.41, 5.74) is 0.910. The van der Waals surface area contributed by atoms with Crippen molar-refractivity contribution in [2.75, 3.05) is 13.0 Å². The first-order valence-corrected chi connectivity index (χ1v) is 8.73. The van der Waals surface area contributed by atoms with Crippen LogP contribution in [0.4, 0.5) is 4.79 Å². The smallest absolute Gasteiger partial charge is 0.407 e. The summed E-state index contributed by atoms with van der Waals surface area (Å²) in [6.07, 6.45) is 2.89. The molecular weight excluding hydrogens is 330 g/mol. The molecule has 1 aromatic carbocycles. The number of halogens is 1. The normalized spacial score (nSPS) is 13.0. The molecule has 24 heavy (non-hydrogen) atoms. The van der Waals surface area contributed by atoms with E-state index in [1.165, 1.54) is 7.11 Å². The average molecular weight is 356 g/mol. The van der Waals surface area contributed by atoms with Gasteiger partial charge in [0.15, 0.2) is 0 Å². The van der Waals surface area contributed by atoms with Crippen molar-refractivity contribution in [3.8, 4) is 0 Å². The Balaban J connectivity index is 2.51. The molecule has 0 spiro atoms. The van der Waals surface area contributed by atoms with Crippen molar-refractivity contribution in [1.82, 2.24) is 5.32 Å². The van der Waals surface area contributed by atoms with Crippen molar-refractivity contribution >= 4 is 23.7 Å². The van der Waals surface area contributed by atoms with Gasteiger partial charge in [0.2, 0.25) is 0 Å². The fourth-order valence-corrected chi connectivity index (χ4v) is 2.54. The summed E-state index contributed by atoms with van der Waals surface area (Å²) in [4.78, 5) is 23.8. The van der Waals surface area contributed by atoms with Crippen LogP contribution in [0.1, 0.15) is 38.2 Å². The van der Waals surface area contributed by atoms with E-state index in [4.69, 9.17) is 21.1 Å². The van der Waals surface area contributed by atoms with Crippen LogP contribution < -0.4 is 5.32 Å². The number of methoxy groups -OCH3 is 1. The largest absolute Gasteiger partial charge is 0.469 e. The first-order chi connectivity index (χ1) is 11.6. The number of benzene rings is 1. The van der Waals surface area contributed by atoms with Gasteiger partial charge >= 0.3 is 12.1 Å². The van der Waals surface area contributed by atoms with Gasteiger partial charge in [0.05, 0.1) is 13.0 Å². The standard InChI is InChI=1S/C18H26ClNO4/c1-14(17(21)23-2)16(11-7-4-8-12-19)20-18(22)24-13-15-9-5-3-6-10-15/h3,5-6,9-10,14,16H,4,7-8,11-13H2,1-2H3,(H,20,22). The number of nitrogens with one attached hydrogen (secondary N) is 1. The Morgan fingerprint density at radius 3 is 2.50 bits per heavy atom. The molecule has 0 fully saturated rings. The average Bonchev–Trinajstić information content (AvgIpc) is 2.62. The molecule has 2 atom stereocenters. The van der Waals surface area contributed by atoms with E-state index >= 15 is 0 Å². The SMILES string of the molecule is COC(=O)C(C)C(CCCCCCl)NC(=O)OCc1ccccc1. The quantitative estimate of drug-likeness (QED) is 0.393. The highest BCUT2D eigenvalue weighted by Crippen LogP contribution is 2.14. The van der Waals surface area contributed by atoms with E-state index < -0.39 is 12.0 Å². The van der Waals surface area contributed by atoms with Crippen LogP contribution in [0, 0.1) is 5.92 Å². The number of ether oxygens (including phenoxy) is 2. The molecule has 1 amide bonds. The lowest BCUT2D eigenvalue weighted by Crippen LogP contribution is -2.42. The van der Waals surface area contributed by atoms with Crippen LogP contribution >= 0.6 is 11.6 Å². The van der Waals surface area contributed by atoms with Crippen molar-refractivity contribution in [3.05, 3.63) is 35.9 Å². The maximum absolute atomic E-state index is 12.0. The molecule has 1 N–H and O–H groups in total. The number of unbranched alkanes of at least 4 members (excludes halogenated alkanes) is 2. The molecule has 0 saturated heterocycles. The summed E-state index contributed by atoms with van der Waals surface area (Å²) in [6, 6.07) is 9.11. The third-order valence-electron chi connectivity index (χ3n) is 3.84. The van der Waals surface area contributed by atoms with E-state index in [0.717, 1.165) is 24.8 Å². The monoisotopic (exact) mass is 355 g/mol. The topological polar surface area (TPSA) is 64.6 Å². The Hall–Kier alpha value is -1.75. The van der Waals surface area contributed by atoms with Crippen molar-refractivity contribution in [2.45, 2.75) is 45.3 Å². The number of hydrogen-bond donors (Lipinski definition) is 1. The molecule has 1 rings (SSSR count). The van der Waals surface area contributed by atoms with Gasteiger partial charge in [-0.3, -0.25) is 4.79 Å². The molecule has 0 aromatic heterocycles. The van der Waals surface area contributed by atoms with Crippen LogP contribution in [0.3, 0.4) is 0 Å². The molecule has 0 aliphatic carbocycles. The maximum Gasteiger partial charge on any atom is 0.407 e. The lowest BCUT2D eigenvalue weighted by atomic mass is 9.96. The third-order valence-corrected chi connectivity index (χ3v) is 4.11. The third kappa shape index (κ3) is 7.68. The highest BCUT2D eigenvalue weighted by molar-refractivity contribution is 6.17. The summed E-state index contributed by atoms with van der Waals surface area (Å²) in [6.45, 7) is 1.94. The predicted octanol–water partition coefficient (Wildman–Crippen LogP) is 3.89. The lowest BCUT2D eigenvalue weighted by Gasteiger charge is -2.23. The second kappa shape index (κ2) is 11.7. The van der Waals surface area contributed by atoms with Crippen molar-refractivity contribution in [3.63, 3.8) is 0 Å². The molecule has 6 heteroatoms. The number of amides is 1. The van der Waals surface area contributed by atoms with Gasteiger partial charge < -0.3 is 14.8 Å². The minimum absolute atomic E-state index is 0.193. The lowest BCUT2D eigenvalue weighted by molar-refractivity contribution is -0.145. The minimum Gasteiger partial charge on any atom is -0.469 e. The zero-order valence-electron chi connectivity index (χ0n) is 14.3. The summed E-state index contributed by atoms with van der Waals surface area (Å²) in [5, 5.41) is 2.78. The second-order valence-electron chi connectivity index (χ2n) is 5.66. The Bertz CT molecular complexity index is 495. The van der Waals surface area contributed by atoms with Crippen molar-refractivity contribution in [1.29, 1.82) is 0 Å². The molecule has 2 unspecified atom stereocenters. The molecule has 1 aromatic rings. The molecule has 0 aliphatic heterocycles. The van der Waals surface area contributed by atoms with Gasteiger partial charge in [-0.1, -0.05) is 43.2 Å². The zero-order chi connectivity index (χ0) is 17.8. The first-order valence-electron chi connectivity index (χ1n) is 8.19. The summed E-state index contributed by atoms with van der Waals surface area (Å²) >= 11 is 5.67. The molecule has 0 aliphatic rings. The van der Waals surface area contributed by atoms with Crippen molar-refractivity contribution < 1.29 is 19.1 Å². The highest BCUT2D eigenvalue weighted by atomic mass is 35.5. The predicted molar refractivity (Wildman–Crippen MR) is 93.9 cm³/mol.